The molecule has 0 N–H and O–H groups in total. The van der Waals surface area contributed by atoms with Gasteiger partial charge in [-0.05, 0) is 43.9 Å². The molecule has 68 valence electrons. The summed E-state index contributed by atoms with van der Waals surface area (Å²) >= 11 is 0. The van der Waals surface area contributed by atoms with E-state index in [0.717, 1.165) is 25.0 Å². The van der Waals surface area contributed by atoms with Gasteiger partial charge in [0.1, 0.15) is 0 Å². The molecule has 0 aromatic rings. The lowest BCUT2D eigenvalue weighted by Crippen LogP contribution is -2.23. The Bertz CT molecular complexity index is 156. The van der Waals surface area contributed by atoms with Crippen molar-refractivity contribution in [3.05, 3.63) is 12.2 Å². The third-order valence-corrected chi connectivity index (χ3v) is 3.24. The van der Waals surface area contributed by atoms with E-state index < -0.39 is 0 Å². The highest BCUT2D eigenvalue weighted by Crippen LogP contribution is 2.32. The highest BCUT2D eigenvalue weighted by Gasteiger charge is 2.23. The number of allylic oxidation sites excluding steroid dienone is 2. The van der Waals surface area contributed by atoms with Gasteiger partial charge in [-0.2, -0.15) is 0 Å². The van der Waals surface area contributed by atoms with Gasteiger partial charge in [0, 0.05) is 13.2 Å². The van der Waals surface area contributed by atoms with E-state index in [-0.39, 0.29) is 0 Å². The van der Waals surface area contributed by atoms with E-state index in [2.05, 4.69) is 12.2 Å². The van der Waals surface area contributed by atoms with Crippen molar-refractivity contribution in [2.24, 2.45) is 11.8 Å². The van der Waals surface area contributed by atoms with Gasteiger partial charge in [0.15, 0.2) is 0 Å². The van der Waals surface area contributed by atoms with Crippen molar-refractivity contribution >= 4 is 0 Å². The quantitative estimate of drug-likeness (QED) is 0.544. The Kier molecular flexibility index (Phi) is 2.83. The molecule has 1 heterocycles. The summed E-state index contributed by atoms with van der Waals surface area (Å²) in [5, 5.41) is 0. The first-order valence-corrected chi connectivity index (χ1v) is 5.19. The van der Waals surface area contributed by atoms with Crippen LogP contribution in [0.3, 0.4) is 0 Å². The molecule has 1 unspecified atom stereocenters. The van der Waals surface area contributed by atoms with Gasteiger partial charge < -0.3 is 4.74 Å². The molecule has 1 aliphatic heterocycles. The van der Waals surface area contributed by atoms with Crippen LogP contribution in [0.1, 0.15) is 32.1 Å². The fourth-order valence-electron chi connectivity index (χ4n) is 2.43. The zero-order chi connectivity index (χ0) is 8.23. The maximum atomic E-state index is 5.37. The molecule has 1 fully saturated rings. The predicted octanol–water partition coefficient (Wildman–Crippen LogP) is 2.77. The van der Waals surface area contributed by atoms with Gasteiger partial charge in [0.05, 0.1) is 0 Å². The van der Waals surface area contributed by atoms with Crippen LogP contribution in [0, 0.1) is 11.8 Å². The van der Waals surface area contributed by atoms with Crippen LogP contribution in [0.4, 0.5) is 0 Å². The van der Waals surface area contributed by atoms with E-state index in [9.17, 15) is 0 Å². The molecule has 0 radical (unpaired) electrons. The number of rotatable bonds is 1. The van der Waals surface area contributed by atoms with E-state index in [1.54, 1.807) is 0 Å². The van der Waals surface area contributed by atoms with E-state index in [1.165, 1.54) is 32.1 Å². The fourth-order valence-corrected chi connectivity index (χ4v) is 2.43. The molecule has 0 aromatic carbocycles. The Morgan fingerprint density at radius 2 is 1.75 bits per heavy atom. The van der Waals surface area contributed by atoms with Gasteiger partial charge in [-0.15, -0.1) is 0 Å². The Morgan fingerprint density at radius 1 is 0.917 bits per heavy atom. The summed E-state index contributed by atoms with van der Waals surface area (Å²) in [6.07, 6.45) is 11.4. The second-order valence-electron chi connectivity index (χ2n) is 3.99. The molecule has 2 aliphatic rings. The molecule has 0 saturated carbocycles. The lowest BCUT2D eigenvalue weighted by Gasteiger charge is -2.30. The van der Waals surface area contributed by atoms with Crippen molar-refractivity contribution in [2.45, 2.75) is 32.1 Å². The second kappa shape index (κ2) is 4.08. The topological polar surface area (TPSA) is 9.23 Å². The van der Waals surface area contributed by atoms with Gasteiger partial charge in [-0.25, -0.2) is 0 Å². The maximum absolute atomic E-state index is 5.37. The summed E-state index contributed by atoms with van der Waals surface area (Å²) in [5.74, 6) is 1.93. The summed E-state index contributed by atoms with van der Waals surface area (Å²) in [4.78, 5) is 0. The van der Waals surface area contributed by atoms with Crippen LogP contribution in [0.2, 0.25) is 0 Å². The van der Waals surface area contributed by atoms with Crippen molar-refractivity contribution in [3.8, 4) is 0 Å². The van der Waals surface area contributed by atoms with Crippen molar-refractivity contribution in [2.75, 3.05) is 13.2 Å². The lowest BCUT2D eigenvalue weighted by molar-refractivity contribution is 0.0449. The van der Waals surface area contributed by atoms with Gasteiger partial charge in [0.2, 0.25) is 0 Å². The van der Waals surface area contributed by atoms with Gasteiger partial charge in [-0.3, -0.25) is 0 Å². The van der Waals surface area contributed by atoms with Crippen LogP contribution < -0.4 is 0 Å². The first-order chi connectivity index (χ1) is 5.97. The smallest absolute Gasteiger partial charge is 0.0468 e. The van der Waals surface area contributed by atoms with Crippen LogP contribution in [-0.4, -0.2) is 13.2 Å². The predicted molar refractivity (Wildman–Crippen MR) is 50.0 cm³/mol. The third-order valence-electron chi connectivity index (χ3n) is 3.24. The maximum Gasteiger partial charge on any atom is 0.0468 e. The second-order valence-corrected chi connectivity index (χ2v) is 3.99. The average Bonchev–Trinajstić information content (AvgIpc) is 2.21. The molecule has 1 aliphatic carbocycles. The minimum Gasteiger partial charge on any atom is -0.381 e. The average molecular weight is 166 g/mol. The summed E-state index contributed by atoms with van der Waals surface area (Å²) in [6.45, 7) is 2.01. The minimum atomic E-state index is 0.962. The zero-order valence-electron chi connectivity index (χ0n) is 7.67. The van der Waals surface area contributed by atoms with E-state index in [0.29, 0.717) is 0 Å². The number of hydrogen-bond acceptors (Lipinski definition) is 1. The Hall–Kier alpha value is -0.300. The van der Waals surface area contributed by atoms with Crippen LogP contribution in [0.15, 0.2) is 12.2 Å². The SMILES string of the molecule is C1=CCC(C2CCOCC2)CC1. The Labute approximate surface area is 74.8 Å². The molecule has 1 atom stereocenters. The molecule has 2 rings (SSSR count). The first kappa shape index (κ1) is 8.31. The highest BCUT2D eigenvalue weighted by molar-refractivity contribution is 4.92. The van der Waals surface area contributed by atoms with E-state index in [4.69, 9.17) is 4.74 Å². The monoisotopic (exact) mass is 166 g/mol. The summed E-state index contributed by atoms with van der Waals surface area (Å²) in [6, 6.07) is 0. The highest BCUT2D eigenvalue weighted by atomic mass is 16.5. The number of hydrogen-bond donors (Lipinski definition) is 0. The van der Waals surface area contributed by atoms with Crippen molar-refractivity contribution < 1.29 is 4.74 Å². The molecule has 1 nitrogen and oxygen atoms in total. The lowest BCUT2D eigenvalue weighted by atomic mass is 9.79. The van der Waals surface area contributed by atoms with E-state index in [1.807, 2.05) is 0 Å². The standard InChI is InChI=1S/C11H18O/c1-2-4-10(5-3-1)11-6-8-12-9-7-11/h1-2,10-11H,3-9H2. The van der Waals surface area contributed by atoms with E-state index >= 15 is 0 Å². The minimum absolute atomic E-state index is 0.962. The van der Waals surface area contributed by atoms with Crippen LogP contribution in [-0.2, 0) is 4.74 Å². The summed E-state index contributed by atoms with van der Waals surface area (Å²) in [7, 11) is 0. The summed E-state index contributed by atoms with van der Waals surface area (Å²) in [5.41, 5.74) is 0. The van der Waals surface area contributed by atoms with Crippen LogP contribution in [0.5, 0.6) is 0 Å². The Balaban J connectivity index is 1.85. The molecule has 0 bridgehead atoms. The van der Waals surface area contributed by atoms with Gasteiger partial charge in [0.25, 0.3) is 0 Å². The van der Waals surface area contributed by atoms with Crippen molar-refractivity contribution in [3.63, 3.8) is 0 Å². The third kappa shape index (κ3) is 1.89. The molecule has 0 spiro atoms. The van der Waals surface area contributed by atoms with Crippen LogP contribution >= 0.6 is 0 Å². The molecular weight excluding hydrogens is 148 g/mol. The van der Waals surface area contributed by atoms with Gasteiger partial charge >= 0.3 is 0 Å². The fraction of sp³-hybridized carbons (Fsp3) is 0.818. The molecule has 12 heavy (non-hydrogen) atoms. The Morgan fingerprint density at radius 3 is 2.42 bits per heavy atom. The molecular formula is C11H18O. The zero-order valence-corrected chi connectivity index (χ0v) is 7.67. The normalized spacial score (nSPS) is 32.2. The molecule has 0 amide bonds. The largest absolute Gasteiger partial charge is 0.381 e. The number of ether oxygens (including phenoxy) is 1. The van der Waals surface area contributed by atoms with Crippen molar-refractivity contribution in [1.82, 2.24) is 0 Å². The molecule has 1 saturated heterocycles. The molecule has 0 aromatic heterocycles. The first-order valence-electron chi connectivity index (χ1n) is 5.19. The van der Waals surface area contributed by atoms with Gasteiger partial charge in [-0.1, -0.05) is 12.2 Å². The summed E-state index contributed by atoms with van der Waals surface area (Å²) < 4.78 is 5.37. The molecule has 1 heteroatoms. The van der Waals surface area contributed by atoms with Crippen LogP contribution in [0.25, 0.3) is 0 Å². The van der Waals surface area contributed by atoms with Crippen molar-refractivity contribution in [1.29, 1.82) is 0 Å².